The predicted octanol–water partition coefficient (Wildman–Crippen LogP) is 1.97. The first-order valence-corrected chi connectivity index (χ1v) is 6.65. The Bertz CT molecular complexity index is 693. The second-order valence-corrected chi connectivity index (χ2v) is 4.47. The molecule has 0 aromatic carbocycles. The number of rotatable bonds is 6. The van der Waals surface area contributed by atoms with E-state index in [0.29, 0.717) is 17.6 Å². The third-order valence-corrected chi connectivity index (χ3v) is 3.01. The van der Waals surface area contributed by atoms with Crippen molar-refractivity contribution in [3.63, 3.8) is 0 Å². The minimum atomic E-state index is 0.525. The zero-order valence-electron chi connectivity index (χ0n) is 11.6. The van der Waals surface area contributed by atoms with Crippen LogP contribution in [0.25, 0.3) is 11.4 Å². The molecule has 3 aromatic rings. The Labute approximate surface area is 121 Å². The van der Waals surface area contributed by atoms with Gasteiger partial charge in [-0.3, -0.25) is 4.68 Å². The number of hydrogen-bond donors (Lipinski definition) is 0. The molecule has 0 unspecified atom stereocenters. The normalized spacial score (nSPS) is 10.7. The van der Waals surface area contributed by atoms with Crippen molar-refractivity contribution in [1.29, 1.82) is 0 Å². The van der Waals surface area contributed by atoms with Crippen LogP contribution in [0.4, 0.5) is 0 Å². The lowest BCUT2D eigenvalue weighted by molar-refractivity contribution is 0.371. The van der Waals surface area contributed by atoms with Crippen LogP contribution >= 0.6 is 0 Å². The molecule has 0 aliphatic heterocycles. The fraction of sp³-hybridized carbons (Fsp3) is 0.286. The first kappa shape index (κ1) is 13.3. The van der Waals surface area contributed by atoms with E-state index in [4.69, 9.17) is 9.26 Å². The van der Waals surface area contributed by atoms with Gasteiger partial charge >= 0.3 is 0 Å². The number of nitrogens with zero attached hydrogens (tertiary/aromatic N) is 5. The number of ether oxygens (including phenoxy) is 1. The average molecular weight is 285 g/mol. The molecular weight excluding hydrogens is 270 g/mol. The van der Waals surface area contributed by atoms with Crippen molar-refractivity contribution in [2.45, 2.75) is 19.4 Å². The van der Waals surface area contributed by atoms with Crippen molar-refractivity contribution in [2.24, 2.45) is 0 Å². The van der Waals surface area contributed by atoms with Crippen LogP contribution < -0.4 is 4.74 Å². The third kappa shape index (κ3) is 3.25. The summed E-state index contributed by atoms with van der Waals surface area (Å²) in [5.41, 5.74) is 0.823. The van der Waals surface area contributed by atoms with E-state index in [2.05, 4.69) is 20.2 Å². The Morgan fingerprint density at radius 1 is 1.33 bits per heavy atom. The third-order valence-electron chi connectivity index (χ3n) is 3.01. The number of methoxy groups -OCH3 is 1. The Morgan fingerprint density at radius 3 is 3.10 bits per heavy atom. The van der Waals surface area contributed by atoms with E-state index in [-0.39, 0.29) is 0 Å². The van der Waals surface area contributed by atoms with Crippen molar-refractivity contribution in [2.75, 3.05) is 7.11 Å². The topological polar surface area (TPSA) is 78.9 Å². The van der Waals surface area contributed by atoms with Crippen LogP contribution in [-0.2, 0) is 13.0 Å². The van der Waals surface area contributed by atoms with Crippen LogP contribution in [0.15, 0.2) is 41.3 Å². The Kier molecular flexibility index (Phi) is 3.90. The van der Waals surface area contributed by atoms with Gasteiger partial charge in [-0.2, -0.15) is 10.1 Å². The fourth-order valence-electron chi connectivity index (χ4n) is 1.96. The highest BCUT2D eigenvalue weighted by Gasteiger charge is 2.09. The van der Waals surface area contributed by atoms with Crippen molar-refractivity contribution in [1.82, 2.24) is 24.9 Å². The highest BCUT2D eigenvalue weighted by Crippen LogP contribution is 2.19. The second kappa shape index (κ2) is 6.17. The first-order chi connectivity index (χ1) is 10.3. The maximum Gasteiger partial charge on any atom is 0.227 e. The second-order valence-electron chi connectivity index (χ2n) is 4.47. The molecule has 0 spiro atoms. The fourth-order valence-corrected chi connectivity index (χ4v) is 1.96. The molecule has 0 atom stereocenters. The van der Waals surface area contributed by atoms with Gasteiger partial charge in [0, 0.05) is 43.2 Å². The van der Waals surface area contributed by atoms with E-state index in [1.54, 1.807) is 25.6 Å². The van der Waals surface area contributed by atoms with Crippen LogP contribution in [-0.4, -0.2) is 32.0 Å². The molecule has 3 heterocycles. The van der Waals surface area contributed by atoms with Gasteiger partial charge in [0.15, 0.2) is 0 Å². The predicted molar refractivity (Wildman–Crippen MR) is 74.6 cm³/mol. The molecule has 0 fully saturated rings. The lowest BCUT2D eigenvalue weighted by Gasteiger charge is -1.99. The van der Waals surface area contributed by atoms with E-state index in [1.165, 1.54) is 0 Å². The molecule has 21 heavy (non-hydrogen) atoms. The monoisotopic (exact) mass is 285 g/mol. The molecule has 0 bridgehead atoms. The Morgan fingerprint density at radius 2 is 2.29 bits per heavy atom. The smallest absolute Gasteiger partial charge is 0.227 e. The van der Waals surface area contributed by atoms with Gasteiger partial charge in [-0.25, -0.2) is 4.98 Å². The number of pyridine rings is 1. The summed E-state index contributed by atoms with van der Waals surface area (Å²) in [5, 5.41) is 8.13. The molecule has 0 aliphatic carbocycles. The lowest BCUT2D eigenvalue weighted by atomic mass is 10.2. The summed E-state index contributed by atoms with van der Waals surface area (Å²) in [6, 6.07) is 5.50. The van der Waals surface area contributed by atoms with Crippen molar-refractivity contribution in [3.05, 3.63) is 42.7 Å². The molecule has 0 amide bonds. The average Bonchev–Trinajstić information content (AvgIpc) is 3.19. The van der Waals surface area contributed by atoms with Gasteiger partial charge in [0.25, 0.3) is 0 Å². The molecular formula is C14H15N5O2. The zero-order valence-corrected chi connectivity index (χ0v) is 11.6. The molecule has 3 aromatic heterocycles. The van der Waals surface area contributed by atoms with Gasteiger partial charge in [0.05, 0.1) is 7.11 Å². The van der Waals surface area contributed by atoms with Crippen LogP contribution in [0, 0.1) is 0 Å². The summed E-state index contributed by atoms with van der Waals surface area (Å²) in [5.74, 6) is 1.69. The molecule has 0 radical (unpaired) electrons. The summed E-state index contributed by atoms with van der Waals surface area (Å²) < 4.78 is 12.2. The highest BCUT2D eigenvalue weighted by atomic mass is 16.5. The number of aryl methyl sites for hydroxylation is 2. The molecule has 7 heteroatoms. The number of aromatic nitrogens is 5. The Balaban J connectivity index is 1.62. The van der Waals surface area contributed by atoms with Gasteiger partial charge in [0.1, 0.15) is 0 Å². The quantitative estimate of drug-likeness (QED) is 0.689. The van der Waals surface area contributed by atoms with Crippen LogP contribution in [0.5, 0.6) is 5.88 Å². The lowest BCUT2D eigenvalue weighted by Crippen LogP contribution is -1.99. The van der Waals surface area contributed by atoms with Crippen molar-refractivity contribution in [3.8, 4) is 17.3 Å². The van der Waals surface area contributed by atoms with Crippen molar-refractivity contribution < 1.29 is 9.26 Å². The molecule has 7 nitrogen and oxygen atoms in total. The summed E-state index contributed by atoms with van der Waals surface area (Å²) in [4.78, 5) is 8.43. The van der Waals surface area contributed by atoms with Gasteiger partial charge in [-0.05, 0) is 18.6 Å². The van der Waals surface area contributed by atoms with Crippen LogP contribution in [0.2, 0.25) is 0 Å². The van der Waals surface area contributed by atoms with E-state index in [0.717, 1.165) is 24.9 Å². The van der Waals surface area contributed by atoms with Crippen LogP contribution in [0.3, 0.4) is 0 Å². The maximum atomic E-state index is 5.26. The van der Waals surface area contributed by atoms with E-state index in [1.807, 2.05) is 23.0 Å². The standard InChI is InChI=1S/C14H15N5O2/c1-20-13-10-11(5-7-15-13)14-17-12(21-18-14)4-2-8-19-9-3-6-16-19/h3,5-7,9-10H,2,4,8H2,1H3. The summed E-state index contributed by atoms with van der Waals surface area (Å²) >= 11 is 0. The summed E-state index contributed by atoms with van der Waals surface area (Å²) in [7, 11) is 1.57. The maximum absolute atomic E-state index is 5.26. The molecule has 0 saturated heterocycles. The first-order valence-electron chi connectivity index (χ1n) is 6.65. The summed E-state index contributed by atoms with van der Waals surface area (Å²) in [6.07, 6.45) is 6.96. The minimum absolute atomic E-state index is 0.525. The van der Waals surface area contributed by atoms with Gasteiger partial charge in [-0.1, -0.05) is 5.16 Å². The van der Waals surface area contributed by atoms with Gasteiger partial charge < -0.3 is 9.26 Å². The van der Waals surface area contributed by atoms with E-state index in [9.17, 15) is 0 Å². The van der Waals surface area contributed by atoms with Crippen molar-refractivity contribution >= 4 is 0 Å². The molecule has 0 aliphatic rings. The van der Waals surface area contributed by atoms with E-state index >= 15 is 0 Å². The van der Waals surface area contributed by atoms with E-state index < -0.39 is 0 Å². The molecule has 3 rings (SSSR count). The Hall–Kier alpha value is -2.70. The molecule has 108 valence electrons. The molecule has 0 saturated carbocycles. The van der Waals surface area contributed by atoms with Crippen LogP contribution in [0.1, 0.15) is 12.3 Å². The minimum Gasteiger partial charge on any atom is -0.481 e. The van der Waals surface area contributed by atoms with Gasteiger partial charge in [-0.15, -0.1) is 0 Å². The SMILES string of the molecule is COc1cc(-c2noc(CCCn3cccn3)n2)ccn1. The summed E-state index contributed by atoms with van der Waals surface area (Å²) in [6.45, 7) is 0.827. The largest absolute Gasteiger partial charge is 0.481 e. The van der Waals surface area contributed by atoms with Gasteiger partial charge in [0.2, 0.25) is 17.6 Å². The molecule has 0 N–H and O–H groups in total. The number of hydrogen-bond acceptors (Lipinski definition) is 6. The zero-order chi connectivity index (χ0) is 14.5. The highest BCUT2D eigenvalue weighted by molar-refractivity contribution is 5.54.